The molecule has 3 atom stereocenters. The lowest BCUT2D eigenvalue weighted by molar-refractivity contribution is -0.121. The van der Waals surface area contributed by atoms with Crippen molar-refractivity contribution < 1.29 is 23.5 Å². The molecule has 1 unspecified atom stereocenters. The van der Waals surface area contributed by atoms with Gasteiger partial charge in [-0.3, -0.25) is 19.6 Å². The van der Waals surface area contributed by atoms with E-state index in [0.717, 1.165) is 35.6 Å². The lowest BCUT2D eigenvalue weighted by Crippen LogP contribution is -2.64. The fourth-order valence-electron chi connectivity index (χ4n) is 6.55. The maximum absolute atomic E-state index is 14.2. The van der Waals surface area contributed by atoms with Crippen LogP contribution in [0.5, 0.6) is 0 Å². The Labute approximate surface area is 261 Å². The maximum Gasteiger partial charge on any atom is 0.410 e. The van der Waals surface area contributed by atoms with Crippen LogP contribution in [-0.2, 0) is 26.1 Å². The monoisotopic (exact) mass is 609 g/mol. The SMILES string of the molecule is C[C@@H]1COCCN1CC1CN(C(=O)OC(C)(C)C)[C@H](C)CN1CC(=O)N1CC(C)(C)c2ncc(Cc3ccc(F)cc3)cc21. The number of aromatic nitrogens is 1. The first-order chi connectivity index (χ1) is 20.7. The number of rotatable bonds is 6. The minimum absolute atomic E-state index is 0.0236. The molecule has 2 saturated heterocycles. The quantitative estimate of drug-likeness (QED) is 0.479. The van der Waals surface area contributed by atoms with E-state index in [4.69, 9.17) is 14.5 Å². The fourth-order valence-corrected chi connectivity index (χ4v) is 6.55. The molecule has 0 aliphatic carbocycles. The van der Waals surface area contributed by atoms with Crippen LogP contribution < -0.4 is 4.90 Å². The number of carbonyl (C=O) groups excluding carboxylic acids is 2. The molecule has 5 rings (SSSR count). The summed E-state index contributed by atoms with van der Waals surface area (Å²) in [5, 5.41) is 0. The van der Waals surface area contributed by atoms with E-state index >= 15 is 0 Å². The van der Waals surface area contributed by atoms with Gasteiger partial charge in [-0.2, -0.15) is 0 Å². The Hall–Kier alpha value is -3.08. The number of fused-ring (bicyclic) bond motifs is 1. The molecule has 0 radical (unpaired) electrons. The van der Waals surface area contributed by atoms with Crippen LogP contribution in [0.25, 0.3) is 0 Å². The Bertz CT molecular complexity index is 1340. The number of ether oxygens (including phenoxy) is 2. The van der Waals surface area contributed by atoms with Crippen molar-refractivity contribution in [2.24, 2.45) is 0 Å². The third-order valence-electron chi connectivity index (χ3n) is 8.90. The number of hydrogen-bond acceptors (Lipinski definition) is 7. The van der Waals surface area contributed by atoms with E-state index in [1.807, 2.05) is 43.7 Å². The number of nitrogens with zero attached hydrogens (tertiary/aromatic N) is 5. The van der Waals surface area contributed by atoms with E-state index in [0.29, 0.717) is 39.3 Å². The molecule has 44 heavy (non-hydrogen) atoms. The molecule has 240 valence electrons. The van der Waals surface area contributed by atoms with Crippen LogP contribution in [0.1, 0.15) is 65.3 Å². The van der Waals surface area contributed by atoms with Crippen molar-refractivity contribution in [1.82, 2.24) is 19.7 Å². The zero-order valence-electron chi connectivity index (χ0n) is 27.3. The van der Waals surface area contributed by atoms with Crippen LogP contribution in [-0.4, -0.2) is 108 Å². The highest BCUT2D eigenvalue weighted by molar-refractivity contribution is 5.97. The topological polar surface area (TPSA) is 78.5 Å². The van der Waals surface area contributed by atoms with E-state index in [9.17, 15) is 14.0 Å². The van der Waals surface area contributed by atoms with Gasteiger partial charge in [-0.25, -0.2) is 9.18 Å². The van der Waals surface area contributed by atoms with Crippen molar-refractivity contribution in [1.29, 1.82) is 0 Å². The number of anilines is 1. The molecule has 0 spiro atoms. The molecule has 4 heterocycles. The average Bonchev–Trinajstić information content (AvgIpc) is 3.21. The minimum Gasteiger partial charge on any atom is -0.444 e. The summed E-state index contributed by atoms with van der Waals surface area (Å²) in [6, 6.07) is 8.66. The smallest absolute Gasteiger partial charge is 0.410 e. The highest BCUT2D eigenvalue weighted by Crippen LogP contribution is 2.40. The number of hydrogen-bond donors (Lipinski definition) is 0. The largest absolute Gasteiger partial charge is 0.444 e. The molecule has 2 aromatic rings. The zero-order valence-corrected chi connectivity index (χ0v) is 27.3. The van der Waals surface area contributed by atoms with Gasteiger partial charge < -0.3 is 19.3 Å². The van der Waals surface area contributed by atoms with Gasteiger partial charge in [0.1, 0.15) is 11.4 Å². The molecule has 0 bridgehead atoms. The van der Waals surface area contributed by atoms with Gasteiger partial charge in [-0.05, 0) is 70.4 Å². The number of halogens is 1. The normalized spacial score (nSPS) is 24.3. The second-order valence-corrected chi connectivity index (χ2v) is 14.4. The van der Waals surface area contributed by atoms with Crippen LogP contribution >= 0.6 is 0 Å². The Morgan fingerprint density at radius 3 is 2.48 bits per heavy atom. The second kappa shape index (κ2) is 12.7. The average molecular weight is 610 g/mol. The van der Waals surface area contributed by atoms with Crippen molar-refractivity contribution >= 4 is 17.7 Å². The van der Waals surface area contributed by atoms with Crippen LogP contribution in [0, 0.1) is 5.82 Å². The van der Waals surface area contributed by atoms with Crippen LogP contribution in [0.4, 0.5) is 14.9 Å². The van der Waals surface area contributed by atoms with Gasteiger partial charge in [-0.1, -0.05) is 26.0 Å². The third-order valence-corrected chi connectivity index (χ3v) is 8.90. The van der Waals surface area contributed by atoms with Crippen molar-refractivity contribution in [2.45, 2.75) is 84.0 Å². The molecule has 10 heteroatoms. The lowest BCUT2D eigenvalue weighted by atomic mass is 9.91. The van der Waals surface area contributed by atoms with Crippen molar-refractivity contribution in [3.05, 3.63) is 59.2 Å². The van der Waals surface area contributed by atoms with E-state index in [1.54, 1.807) is 12.1 Å². The number of carbonyl (C=O) groups is 2. The first-order valence-electron chi connectivity index (χ1n) is 15.8. The number of amides is 2. The summed E-state index contributed by atoms with van der Waals surface area (Å²) in [4.78, 5) is 40.5. The maximum atomic E-state index is 14.2. The highest BCUT2D eigenvalue weighted by Gasteiger charge is 2.43. The molecule has 1 aromatic heterocycles. The Morgan fingerprint density at radius 1 is 1.07 bits per heavy atom. The molecular formula is C34H48FN5O4. The summed E-state index contributed by atoms with van der Waals surface area (Å²) in [6.45, 7) is 18.8. The molecular weight excluding hydrogens is 561 g/mol. The number of benzene rings is 1. The van der Waals surface area contributed by atoms with Gasteiger partial charge in [-0.15, -0.1) is 0 Å². The molecule has 2 fully saturated rings. The van der Waals surface area contributed by atoms with E-state index < -0.39 is 5.60 Å². The fraction of sp³-hybridized carbons (Fsp3) is 0.618. The number of morpholine rings is 1. The lowest BCUT2D eigenvalue weighted by Gasteiger charge is -2.47. The van der Waals surface area contributed by atoms with E-state index in [1.165, 1.54) is 12.1 Å². The Balaban J connectivity index is 1.36. The second-order valence-electron chi connectivity index (χ2n) is 14.4. The summed E-state index contributed by atoms with van der Waals surface area (Å²) >= 11 is 0. The van der Waals surface area contributed by atoms with Crippen LogP contribution in [0.3, 0.4) is 0 Å². The van der Waals surface area contributed by atoms with Gasteiger partial charge >= 0.3 is 6.09 Å². The molecule has 1 aromatic carbocycles. The van der Waals surface area contributed by atoms with Crippen molar-refractivity contribution in [2.75, 3.05) is 57.4 Å². The molecule has 0 N–H and O–H groups in total. The standard InChI is InChI=1S/C34H48FN5O4/c1-23-17-38(28(18-37-12-13-43-21-24(37)2)19-39(23)32(42)44-33(3,4)5)20-30(41)40-22-34(6,7)31-29(40)15-26(16-36-31)14-25-8-10-27(35)11-9-25/h8-11,15-16,23-24,28H,12-14,17-22H2,1-7H3/t23-,24-,28?/m1/s1. The summed E-state index contributed by atoms with van der Waals surface area (Å²) in [5.41, 5.74) is 2.85. The first-order valence-corrected chi connectivity index (χ1v) is 15.8. The van der Waals surface area contributed by atoms with Gasteiger partial charge in [0.25, 0.3) is 0 Å². The Kier molecular flexibility index (Phi) is 9.35. The van der Waals surface area contributed by atoms with Crippen LogP contribution in [0.2, 0.25) is 0 Å². The van der Waals surface area contributed by atoms with Crippen LogP contribution in [0.15, 0.2) is 36.5 Å². The van der Waals surface area contributed by atoms with E-state index in [-0.39, 0.29) is 47.9 Å². The summed E-state index contributed by atoms with van der Waals surface area (Å²) in [7, 11) is 0. The van der Waals surface area contributed by atoms with Crippen molar-refractivity contribution in [3.63, 3.8) is 0 Å². The number of pyridine rings is 1. The molecule has 0 saturated carbocycles. The van der Waals surface area contributed by atoms with Gasteiger partial charge in [0.05, 0.1) is 31.1 Å². The summed E-state index contributed by atoms with van der Waals surface area (Å²) < 4.78 is 24.9. The van der Waals surface area contributed by atoms with Gasteiger partial charge in [0, 0.05) is 62.5 Å². The summed E-state index contributed by atoms with van der Waals surface area (Å²) in [6.07, 6.45) is 2.16. The molecule has 3 aliphatic heterocycles. The number of piperazine rings is 1. The predicted octanol–water partition coefficient (Wildman–Crippen LogP) is 4.47. The third kappa shape index (κ3) is 7.41. The van der Waals surface area contributed by atoms with Gasteiger partial charge in [0.15, 0.2) is 0 Å². The highest BCUT2D eigenvalue weighted by atomic mass is 19.1. The molecule has 9 nitrogen and oxygen atoms in total. The molecule has 3 aliphatic rings. The minimum atomic E-state index is -0.586. The van der Waals surface area contributed by atoms with Crippen molar-refractivity contribution in [3.8, 4) is 0 Å². The predicted molar refractivity (Wildman–Crippen MR) is 168 cm³/mol. The summed E-state index contributed by atoms with van der Waals surface area (Å²) in [5.74, 6) is -0.238. The first kappa shape index (κ1) is 32.3. The Morgan fingerprint density at radius 2 is 1.80 bits per heavy atom. The molecule has 2 amide bonds. The van der Waals surface area contributed by atoms with Gasteiger partial charge in [0.2, 0.25) is 5.91 Å². The zero-order chi connectivity index (χ0) is 31.8. The van der Waals surface area contributed by atoms with E-state index in [2.05, 4.69) is 36.6 Å².